The van der Waals surface area contributed by atoms with Crippen LogP contribution in [0.5, 0.6) is 0 Å². The number of anilines is 1. The highest BCUT2D eigenvalue weighted by atomic mass is 32.1. The zero-order valence-electron chi connectivity index (χ0n) is 14.8. The van der Waals surface area contributed by atoms with Crippen molar-refractivity contribution in [2.24, 2.45) is 5.92 Å². The third kappa shape index (κ3) is 4.19. The van der Waals surface area contributed by atoms with Gasteiger partial charge in [0.1, 0.15) is 11.6 Å². The number of hydrogen-bond donors (Lipinski definition) is 1. The highest BCUT2D eigenvalue weighted by Crippen LogP contribution is 2.24. The van der Waals surface area contributed by atoms with E-state index in [0.717, 1.165) is 70.3 Å². The van der Waals surface area contributed by atoms with Gasteiger partial charge in [0.05, 0.1) is 12.3 Å². The summed E-state index contributed by atoms with van der Waals surface area (Å²) in [5, 5.41) is 5.75. The van der Waals surface area contributed by atoms with E-state index >= 15 is 0 Å². The third-order valence-electron chi connectivity index (χ3n) is 5.09. The van der Waals surface area contributed by atoms with E-state index in [1.54, 1.807) is 0 Å². The second-order valence-corrected chi connectivity index (χ2v) is 8.04. The van der Waals surface area contributed by atoms with E-state index in [2.05, 4.69) is 27.7 Å². The maximum absolute atomic E-state index is 5.49. The van der Waals surface area contributed by atoms with Gasteiger partial charge in [-0.2, -0.15) is 0 Å². The van der Waals surface area contributed by atoms with Crippen LogP contribution in [0, 0.1) is 12.8 Å². The van der Waals surface area contributed by atoms with Gasteiger partial charge in [-0.05, 0) is 31.2 Å². The Labute approximate surface area is 153 Å². The summed E-state index contributed by atoms with van der Waals surface area (Å²) < 4.78 is 5.49. The SMILES string of the molecule is Cc1nc2c(c(NC[C@H]3CCOC3)n1)CCN(Cc1cccs1)CC2. The molecular formula is C19H26N4OS. The Hall–Kier alpha value is -1.50. The fourth-order valence-electron chi connectivity index (χ4n) is 3.68. The minimum atomic E-state index is 0.604. The van der Waals surface area contributed by atoms with Gasteiger partial charge in [0.2, 0.25) is 0 Å². The third-order valence-corrected chi connectivity index (χ3v) is 5.95. The first-order chi connectivity index (χ1) is 12.3. The molecule has 0 aliphatic carbocycles. The van der Waals surface area contributed by atoms with Crippen molar-refractivity contribution in [1.82, 2.24) is 14.9 Å². The van der Waals surface area contributed by atoms with E-state index in [4.69, 9.17) is 14.7 Å². The molecule has 5 nitrogen and oxygen atoms in total. The molecule has 2 aromatic rings. The summed E-state index contributed by atoms with van der Waals surface area (Å²) in [7, 11) is 0. The number of fused-ring (bicyclic) bond motifs is 1. The lowest BCUT2D eigenvalue weighted by Crippen LogP contribution is -2.25. The normalized spacial score (nSPS) is 21.1. The Morgan fingerprint density at radius 3 is 3.04 bits per heavy atom. The standard InChI is InChI=1S/C19H26N4OS/c1-14-21-18-5-8-23(12-16-3-2-10-25-16)7-4-17(18)19(22-14)20-11-15-6-9-24-13-15/h2-3,10,15H,4-9,11-13H2,1H3,(H,20,21,22)/t15-/m1/s1. The monoisotopic (exact) mass is 358 g/mol. The molecule has 4 rings (SSSR count). The minimum Gasteiger partial charge on any atom is -0.381 e. The second-order valence-electron chi connectivity index (χ2n) is 7.01. The molecule has 0 unspecified atom stereocenters. The van der Waals surface area contributed by atoms with Crippen LogP contribution in [-0.4, -0.2) is 47.7 Å². The maximum atomic E-state index is 5.49. The summed E-state index contributed by atoms with van der Waals surface area (Å²) in [5.74, 6) is 2.52. The van der Waals surface area contributed by atoms with Gasteiger partial charge in [0.25, 0.3) is 0 Å². The number of rotatable bonds is 5. The molecule has 2 aromatic heterocycles. The van der Waals surface area contributed by atoms with E-state index in [0.29, 0.717) is 5.92 Å². The van der Waals surface area contributed by atoms with Crippen LogP contribution in [0.1, 0.15) is 28.4 Å². The topological polar surface area (TPSA) is 50.3 Å². The van der Waals surface area contributed by atoms with Gasteiger partial charge < -0.3 is 10.1 Å². The summed E-state index contributed by atoms with van der Waals surface area (Å²) in [6.07, 6.45) is 3.17. The number of nitrogens with zero attached hydrogens (tertiary/aromatic N) is 3. The van der Waals surface area contributed by atoms with Crippen LogP contribution in [-0.2, 0) is 24.1 Å². The predicted molar refractivity (Wildman–Crippen MR) is 101 cm³/mol. The molecule has 0 spiro atoms. The van der Waals surface area contributed by atoms with Crippen molar-refractivity contribution in [3.63, 3.8) is 0 Å². The summed E-state index contributed by atoms with van der Waals surface area (Å²) in [4.78, 5) is 13.4. The van der Waals surface area contributed by atoms with Gasteiger partial charge in [0.15, 0.2) is 0 Å². The van der Waals surface area contributed by atoms with Gasteiger partial charge in [-0.15, -0.1) is 11.3 Å². The lowest BCUT2D eigenvalue weighted by Gasteiger charge is -2.18. The second kappa shape index (κ2) is 7.81. The molecule has 134 valence electrons. The van der Waals surface area contributed by atoms with Gasteiger partial charge in [-0.1, -0.05) is 6.07 Å². The van der Waals surface area contributed by atoms with Crippen molar-refractivity contribution in [3.05, 3.63) is 39.5 Å². The number of ether oxygens (including phenoxy) is 1. The van der Waals surface area contributed by atoms with E-state index in [9.17, 15) is 0 Å². The fraction of sp³-hybridized carbons (Fsp3) is 0.579. The maximum Gasteiger partial charge on any atom is 0.133 e. The molecule has 2 aliphatic heterocycles. The van der Waals surface area contributed by atoms with Crippen LogP contribution in [0.3, 0.4) is 0 Å². The smallest absolute Gasteiger partial charge is 0.133 e. The Kier molecular flexibility index (Phi) is 5.29. The fourth-order valence-corrected chi connectivity index (χ4v) is 4.43. The molecule has 1 atom stereocenters. The molecular weight excluding hydrogens is 332 g/mol. The highest BCUT2D eigenvalue weighted by molar-refractivity contribution is 7.09. The molecule has 4 heterocycles. The van der Waals surface area contributed by atoms with Crippen LogP contribution in [0.15, 0.2) is 17.5 Å². The molecule has 25 heavy (non-hydrogen) atoms. The number of thiophene rings is 1. The van der Waals surface area contributed by atoms with Gasteiger partial charge in [0, 0.05) is 55.6 Å². The molecule has 2 aliphatic rings. The van der Waals surface area contributed by atoms with Crippen LogP contribution < -0.4 is 5.32 Å². The van der Waals surface area contributed by atoms with Crippen molar-refractivity contribution >= 4 is 17.2 Å². The first kappa shape index (κ1) is 16.9. The number of aromatic nitrogens is 2. The quantitative estimate of drug-likeness (QED) is 0.891. The first-order valence-electron chi connectivity index (χ1n) is 9.20. The Balaban J connectivity index is 1.46. The van der Waals surface area contributed by atoms with E-state index in [1.807, 2.05) is 18.3 Å². The molecule has 1 N–H and O–H groups in total. The van der Waals surface area contributed by atoms with E-state index < -0.39 is 0 Å². The Morgan fingerprint density at radius 2 is 2.24 bits per heavy atom. The molecule has 6 heteroatoms. The molecule has 0 saturated carbocycles. The van der Waals surface area contributed by atoms with Gasteiger partial charge in [-0.25, -0.2) is 9.97 Å². The van der Waals surface area contributed by atoms with Crippen molar-refractivity contribution in [2.75, 3.05) is 38.2 Å². The highest BCUT2D eigenvalue weighted by Gasteiger charge is 2.21. The largest absolute Gasteiger partial charge is 0.381 e. The van der Waals surface area contributed by atoms with Crippen molar-refractivity contribution in [1.29, 1.82) is 0 Å². The van der Waals surface area contributed by atoms with Crippen molar-refractivity contribution in [3.8, 4) is 0 Å². The number of aryl methyl sites for hydroxylation is 1. The Morgan fingerprint density at radius 1 is 1.32 bits per heavy atom. The van der Waals surface area contributed by atoms with Gasteiger partial charge in [-0.3, -0.25) is 4.90 Å². The van der Waals surface area contributed by atoms with Crippen LogP contribution in [0.4, 0.5) is 5.82 Å². The van der Waals surface area contributed by atoms with E-state index in [1.165, 1.54) is 16.1 Å². The summed E-state index contributed by atoms with van der Waals surface area (Å²) in [5.41, 5.74) is 2.55. The predicted octanol–water partition coefficient (Wildman–Crippen LogP) is 2.90. The van der Waals surface area contributed by atoms with Crippen LogP contribution in [0.2, 0.25) is 0 Å². The number of hydrogen-bond acceptors (Lipinski definition) is 6. The molecule has 1 saturated heterocycles. The molecule has 0 aromatic carbocycles. The van der Waals surface area contributed by atoms with Crippen molar-refractivity contribution < 1.29 is 4.74 Å². The van der Waals surface area contributed by atoms with Gasteiger partial charge >= 0.3 is 0 Å². The minimum absolute atomic E-state index is 0.604. The lowest BCUT2D eigenvalue weighted by atomic mass is 10.1. The molecule has 0 bridgehead atoms. The average Bonchev–Trinajstić information content (AvgIpc) is 3.26. The average molecular weight is 359 g/mol. The zero-order chi connectivity index (χ0) is 17.1. The van der Waals surface area contributed by atoms with Crippen LogP contribution in [0.25, 0.3) is 0 Å². The molecule has 1 fully saturated rings. The molecule has 0 radical (unpaired) electrons. The Bertz CT molecular complexity index is 698. The lowest BCUT2D eigenvalue weighted by molar-refractivity contribution is 0.187. The molecule has 0 amide bonds. The first-order valence-corrected chi connectivity index (χ1v) is 10.1. The van der Waals surface area contributed by atoms with Crippen molar-refractivity contribution in [2.45, 2.75) is 32.7 Å². The van der Waals surface area contributed by atoms with E-state index in [-0.39, 0.29) is 0 Å². The zero-order valence-corrected chi connectivity index (χ0v) is 15.6. The summed E-state index contributed by atoms with van der Waals surface area (Å²) >= 11 is 1.84. The number of nitrogens with one attached hydrogen (secondary N) is 1. The summed E-state index contributed by atoms with van der Waals surface area (Å²) in [6, 6.07) is 4.36. The van der Waals surface area contributed by atoms with Crippen LogP contribution >= 0.6 is 11.3 Å². The summed E-state index contributed by atoms with van der Waals surface area (Å²) in [6.45, 7) is 7.88.